The van der Waals surface area contributed by atoms with Crippen molar-refractivity contribution in [2.24, 2.45) is 0 Å². The monoisotopic (exact) mass is 360 g/mol. The number of pyridine rings is 1. The fourth-order valence-corrected chi connectivity index (χ4v) is 4.32. The Kier molecular flexibility index (Phi) is 5.38. The Morgan fingerprint density at radius 3 is 2.65 bits per heavy atom. The van der Waals surface area contributed by atoms with Crippen molar-refractivity contribution in [3.05, 3.63) is 23.4 Å². The van der Waals surface area contributed by atoms with Crippen molar-refractivity contribution >= 4 is 11.8 Å². The molecule has 0 radical (unpaired) electrons. The van der Waals surface area contributed by atoms with Crippen LogP contribution in [0.15, 0.2) is 12.3 Å². The van der Waals surface area contributed by atoms with Crippen LogP contribution in [0.3, 0.4) is 0 Å². The van der Waals surface area contributed by atoms with E-state index < -0.39 is 0 Å². The lowest BCUT2D eigenvalue weighted by Crippen LogP contribution is -2.61. The molecule has 0 spiro atoms. The van der Waals surface area contributed by atoms with Crippen LogP contribution in [0.2, 0.25) is 0 Å². The second-order valence-corrected chi connectivity index (χ2v) is 7.44. The molecule has 0 aromatic carbocycles. The number of urea groups is 1. The molecule has 2 aliphatic heterocycles. The van der Waals surface area contributed by atoms with Gasteiger partial charge in [0.25, 0.3) is 0 Å². The van der Waals surface area contributed by atoms with Crippen molar-refractivity contribution in [2.75, 3.05) is 51.4 Å². The fraction of sp³-hybridized carbons (Fsp3) is 0.684. The number of morpholine rings is 1. The quantitative estimate of drug-likeness (QED) is 0.853. The summed E-state index contributed by atoms with van der Waals surface area (Å²) < 4.78 is 11.1. The van der Waals surface area contributed by atoms with Crippen LogP contribution in [0, 0.1) is 0 Å². The molecule has 26 heavy (non-hydrogen) atoms. The minimum atomic E-state index is -0.186. The molecule has 4 rings (SSSR count). The van der Waals surface area contributed by atoms with Crippen LogP contribution in [0.5, 0.6) is 0 Å². The first-order valence-corrected chi connectivity index (χ1v) is 9.68. The molecule has 3 aliphatic rings. The van der Waals surface area contributed by atoms with E-state index in [0.717, 1.165) is 65.2 Å². The zero-order valence-electron chi connectivity index (χ0n) is 15.3. The van der Waals surface area contributed by atoms with E-state index in [1.165, 1.54) is 17.5 Å². The molecule has 0 unspecified atom stereocenters. The van der Waals surface area contributed by atoms with Gasteiger partial charge in [-0.1, -0.05) is 0 Å². The molecule has 3 heterocycles. The number of anilines is 1. The van der Waals surface area contributed by atoms with Crippen molar-refractivity contribution in [1.29, 1.82) is 0 Å². The van der Waals surface area contributed by atoms with Gasteiger partial charge in [0.1, 0.15) is 5.82 Å². The van der Waals surface area contributed by atoms with Gasteiger partial charge in [-0.15, -0.1) is 0 Å². The maximum atomic E-state index is 12.4. The van der Waals surface area contributed by atoms with E-state index in [1.807, 2.05) is 12.3 Å². The van der Waals surface area contributed by atoms with Crippen molar-refractivity contribution in [3.63, 3.8) is 0 Å². The SMILES string of the molecule is O=C(NCC1(N2CCOCC2)CCOCC1)Nc1cc2c(cn1)CCC2. The Balaban J connectivity index is 1.36. The van der Waals surface area contributed by atoms with Gasteiger partial charge in [0.05, 0.1) is 13.2 Å². The minimum absolute atomic E-state index is 0.0370. The highest BCUT2D eigenvalue weighted by atomic mass is 16.5. The van der Waals surface area contributed by atoms with Crippen LogP contribution in [0.25, 0.3) is 0 Å². The van der Waals surface area contributed by atoms with Crippen molar-refractivity contribution in [2.45, 2.75) is 37.6 Å². The first kappa shape index (κ1) is 17.7. The predicted octanol–water partition coefficient (Wildman–Crippen LogP) is 1.57. The molecule has 0 bridgehead atoms. The van der Waals surface area contributed by atoms with Gasteiger partial charge in [-0.25, -0.2) is 9.78 Å². The topological polar surface area (TPSA) is 75.7 Å². The summed E-state index contributed by atoms with van der Waals surface area (Å²) in [5, 5.41) is 5.97. The third-order valence-corrected chi connectivity index (χ3v) is 5.90. The van der Waals surface area contributed by atoms with Crippen LogP contribution in [-0.4, -0.2) is 67.5 Å². The first-order chi connectivity index (χ1) is 12.8. The second-order valence-electron chi connectivity index (χ2n) is 7.44. The average Bonchev–Trinajstić information content (AvgIpc) is 3.16. The van der Waals surface area contributed by atoms with E-state index >= 15 is 0 Å². The van der Waals surface area contributed by atoms with Crippen molar-refractivity contribution in [1.82, 2.24) is 15.2 Å². The summed E-state index contributed by atoms with van der Waals surface area (Å²) in [5.74, 6) is 0.635. The number of ether oxygens (including phenoxy) is 2. The molecule has 2 amide bonds. The Morgan fingerprint density at radius 2 is 1.85 bits per heavy atom. The zero-order valence-corrected chi connectivity index (χ0v) is 15.3. The maximum absolute atomic E-state index is 12.4. The summed E-state index contributed by atoms with van der Waals surface area (Å²) in [6, 6.07) is 1.82. The van der Waals surface area contributed by atoms with Gasteiger partial charge in [0.15, 0.2) is 0 Å². The summed E-state index contributed by atoms with van der Waals surface area (Å²) in [5.41, 5.74) is 2.58. The van der Waals surface area contributed by atoms with Gasteiger partial charge in [0.2, 0.25) is 0 Å². The van der Waals surface area contributed by atoms with Gasteiger partial charge < -0.3 is 14.8 Å². The molecule has 142 valence electrons. The van der Waals surface area contributed by atoms with Crippen LogP contribution in [0.4, 0.5) is 10.6 Å². The smallest absolute Gasteiger partial charge is 0.320 e. The van der Waals surface area contributed by atoms with E-state index in [1.54, 1.807) is 0 Å². The molecule has 1 aromatic rings. The Morgan fingerprint density at radius 1 is 1.12 bits per heavy atom. The lowest BCUT2D eigenvalue weighted by Gasteiger charge is -2.47. The highest BCUT2D eigenvalue weighted by molar-refractivity contribution is 5.88. The Hall–Kier alpha value is -1.70. The number of hydrogen-bond donors (Lipinski definition) is 2. The van der Waals surface area contributed by atoms with Crippen LogP contribution in [-0.2, 0) is 22.3 Å². The number of amides is 2. The summed E-state index contributed by atoms with van der Waals surface area (Å²) in [4.78, 5) is 19.3. The van der Waals surface area contributed by atoms with Gasteiger partial charge in [-0.2, -0.15) is 0 Å². The van der Waals surface area contributed by atoms with Gasteiger partial charge in [0, 0.05) is 44.6 Å². The number of carbonyl (C=O) groups excluding carboxylic acids is 1. The van der Waals surface area contributed by atoms with Crippen LogP contribution < -0.4 is 10.6 Å². The van der Waals surface area contributed by atoms with Gasteiger partial charge in [-0.3, -0.25) is 10.2 Å². The zero-order chi connectivity index (χ0) is 17.8. The molecular formula is C19H28N4O3. The van der Waals surface area contributed by atoms with E-state index in [-0.39, 0.29) is 11.6 Å². The number of carbonyl (C=O) groups is 1. The molecule has 0 atom stereocenters. The van der Waals surface area contributed by atoms with E-state index in [0.29, 0.717) is 12.4 Å². The molecule has 0 saturated carbocycles. The second kappa shape index (κ2) is 7.90. The summed E-state index contributed by atoms with van der Waals surface area (Å²) in [6.45, 7) is 5.44. The van der Waals surface area contributed by atoms with Crippen LogP contribution in [0.1, 0.15) is 30.4 Å². The van der Waals surface area contributed by atoms with E-state index in [2.05, 4.69) is 20.5 Å². The molecule has 7 heteroatoms. The number of rotatable bonds is 4. The maximum Gasteiger partial charge on any atom is 0.320 e. The third kappa shape index (κ3) is 3.84. The molecule has 1 aliphatic carbocycles. The van der Waals surface area contributed by atoms with Gasteiger partial charge in [-0.05, 0) is 49.3 Å². The first-order valence-electron chi connectivity index (χ1n) is 9.68. The predicted molar refractivity (Wildman–Crippen MR) is 98.5 cm³/mol. The molecule has 1 aromatic heterocycles. The molecule has 7 nitrogen and oxygen atoms in total. The number of fused-ring (bicyclic) bond motifs is 1. The average molecular weight is 360 g/mol. The minimum Gasteiger partial charge on any atom is -0.381 e. The number of aryl methyl sites for hydroxylation is 2. The van der Waals surface area contributed by atoms with Crippen LogP contribution >= 0.6 is 0 Å². The van der Waals surface area contributed by atoms with Crippen molar-refractivity contribution in [3.8, 4) is 0 Å². The van der Waals surface area contributed by atoms with E-state index in [4.69, 9.17) is 9.47 Å². The van der Waals surface area contributed by atoms with Crippen molar-refractivity contribution < 1.29 is 14.3 Å². The van der Waals surface area contributed by atoms with Gasteiger partial charge >= 0.3 is 6.03 Å². The number of hydrogen-bond acceptors (Lipinski definition) is 5. The standard InChI is InChI=1S/C19H28N4O3/c24-18(22-17-12-15-2-1-3-16(15)13-20-17)21-14-19(4-8-25-9-5-19)23-6-10-26-11-7-23/h12-13H,1-11,14H2,(H2,20,21,22,24). The Bertz CT molecular complexity index is 640. The fourth-order valence-electron chi connectivity index (χ4n) is 4.32. The molecule has 2 fully saturated rings. The summed E-state index contributed by atoms with van der Waals surface area (Å²) in [6.07, 6.45) is 7.12. The lowest BCUT2D eigenvalue weighted by molar-refractivity contribution is -0.0689. The number of nitrogens with zero attached hydrogens (tertiary/aromatic N) is 2. The third-order valence-electron chi connectivity index (χ3n) is 5.90. The van der Waals surface area contributed by atoms with E-state index in [9.17, 15) is 4.79 Å². The summed E-state index contributed by atoms with van der Waals surface area (Å²) in [7, 11) is 0. The molecule has 2 saturated heterocycles. The Labute approximate surface area is 154 Å². The molecule has 2 N–H and O–H groups in total. The highest BCUT2D eigenvalue weighted by Gasteiger charge is 2.39. The highest BCUT2D eigenvalue weighted by Crippen LogP contribution is 2.28. The normalized spacial score (nSPS) is 22.6. The molecular weight excluding hydrogens is 332 g/mol. The number of nitrogens with one attached hydrogen (secondary N) is 2. The lowest BCUT2D eigenvalue weighted by atomic mass is 9.87. The summed E-state index contributed by atoms with van der Waals surface area (Å²) >= 11 is 0. The number of aromatic nitrogens is 1. The largest absolute Gasteiger partial charge is 0.381 e.